The van der Waals surface area contributed by atoms with E-state index in [1.54, 1.807) is 7.11 Å². The molecule has 1 saturated carbocycles. The summed E-state index contributed by atoms with van der Waals surface area (Å²) in [5, 5.41) is 21.6. The van der Waals surface area contributed by atoms with Gasteiger partial charge >= 0.3 is 0 Å². The zero-order valence-corrected chi connectivity index (χ0v) is 15.9. The zero-order chi connectivity index (χ0) is 17.6. The Hall–Kier alpha value is -0.640. The fraction of sp³-hybridized carbons (Fsp3) is 0.810. The summed E-state index contributed by atoms with van der Waals surface area (Å²) in [6.07, 6.45) is 5.52. The topological polar surface area (TPSA) is 49.7 Å². The van der Waals surface area contributed by atoms with E-state index in [-0.39, 0.29) is 23.5 Å². The summed E-state index contributed by atoms with van der Waals surface area (Å²) >= 11 is 0. The van der Waals surface area contributed by atoms with Crippen LogP contribution in [0.25, 0.3) is 0 Å². The predicted molar refractivity (Wildman–Crippen MR) is 96.6 cm³/mol. The lowest BCUT2D eigenvalue weighted by Crippen LogP contribution is -2.32. The summed E-state index contributed by atoms with van der Waals surface area (Å²) in [6, 6.07) is 0. The fourth-order valence-electron chi connectivity index (χ4n) is 5.62. The number of rotatable bonds is 3. The maximum Gasteiger partial charge on any atom is 0.0766 e. The van der Waals surface area contributed by atoms with Crippen LogP contribution >= 0.6 is 0 Å². The van der Waals surface area contributed by atoms with Crippen LogP contribution in [0.2, 0.25) is 0 Å². The molecule has 0 heterocycles. The fourth-order valence-corrected chi connectivity index (χ4v) is 5.62. The van der Waals surface area contributed by atoms with Crippen molar-refractivity contribution in [1.82, 2.24) is 0 Å². The molecule has 24 heavy (non-hydrogen) atoms. The molecule has 0 aromatic heterocycles. The minimum atomic E-state index is -0.372. The third-order valence-corrected chi connectivity index (χ3v) is 6.87. The van der Waals surface area contributed by atoms with E-state index < -0.39 is 0 Å². The SMILES string of the molecule is COCC1CCC2/C1=C\C1(C)CC(O)C(C(C)C)=C1CC(O)C2C. The molecular formula is C21H34O3. The Balaban J connectivity index is 2.11. The average molecular weight is 335 g/mol. The Bertz CT molecular complexity index is 547. The highest BCUT2D eigenvalue weighted by Gasteiger charge is 2.47. The third-order valence-electron chi connectivity index (χ3n) is 6.87. The smallest absolute Gasteiger partial charge is 0.0766 e. The monoisotopic (exact) mass is 334 g/mol. The lowest BCUT2D eigenvalue weighted by molar-refractivity contribution is 0.0848. The zero-order valence-electron chi connectivity index (χ0n) is 15.9. The van der Waals surface area contributed by atoms with E-state index in [1.807, 2.05) is 0 Å². The first kappa shape index (κ1) is 18.2. The van der Waals surface area contributed by atoms with Crippen molar-refractivity contribution >= 4 is 0 Å². The number of fused-ring (bicyclic) bond motifs is 2. The Morgan fingerprint density at radius 3 is 2.62 bits per heavy atom. The molecule has 6 unspecified atom stereocenters. The summed E-state index contributed by atoms with van der Waals surface area (Å²) in [5.41, 5.74) is 3.81. The van der Waals surface area contributed by atoms with Gasteiger partial charge in [-0.15, -0.1) is 0 Å². The summed E-state index contributed by atoms with van der Waals surface area (Å²) in [7, 11) is 1.78. The Labute approximate surface area is 146 Å². The standard InChI is InChI=1S/C21H34O3/c1-12(2)20-17-8-18(22)13(3)15-7-6-14(11-24-5)16(15)9-21(17,4)10-19(20)23/h9,12-15,18-19,22-23H,6-8,10-11H2,1-5H3/b16-9-. The van der Waals surface area contributed by atoms with Gasteiger partial charge in [-0.1, -0.05) is 44.9 Å². The first-order valence-electron chi connectivity index (χ1n) is 9.59. The van der Waals surface area contributed by atoms with Gasteiger partial charge in [0.2, 0.25) is 0 Å². The van der Waals surface area contributed by atoms with Gasteiger partial charge in [-0.05, 0) is 49.0 Å². The highest BCUT2D eigenvalue weighted by molar-refractivity contribution is 5.40. The van der Waals surface area contributed by atoms with E-state index in [0.29, 0.717) is 24.2 Å². The maximum atomic E-state index is 10.9. The second kappa shape index (κ2) is 6.59. The Kier molecular flexibility index (Phi) is 4.98. The van der Waals surface area contributed by atoms with E-state index >= 15 is 0 Å². The average Bonchev–Trinajstić information content (AvgIpc) is 2.97. The largest absolute Gasteiger partial charge is 0.392 e. The molecule has 1 fully saturated rings. The number of methoxy groups -OCH3 is 1. The molecule has 0 aliphatic heterocycles. The number of hydrogen-bond acceptors (Lipinski definition) is 3. The van der Waals surface area contributed by atoms with E-state index in [2.05, 4.69) is 33.8 Å². The maximum absolute atomic E-state index is 10.9. The van der Waals surface area contributed by atoms with Crippen LogP contribution in [0.1, 0.15) is 53.4 Å². The van der Waals surface area contributed by atoms with Crippen LogP contribution in [0.5, 0.6) is 0 Å². The first-order chi connectivity index (χ1) is 11.3. The molecule has 0 aromatic carbocycles. The van der Waals surface area contributed by atoms with Gasteiger partial charge in [0, 0.05) is 18.4 Å². The highest BCUT2D eigenvalue weighted by atomic mass is 16.5. The lowest BCUT2D eigenvalue weighted by Gasteiger charge is -2.37. The molecule has 3 aliphatic carbocycles. The normalized spacial score (nSPS) is 44.8. The van der Waals surface area contributed by atoms with Crippen molar-refractivity contribution in [2.24, 2.45) is 29.1 Å². The molecule has 0 amide bonds. The van der Waals surface area contributed by atoms with Gasteiger partial charge < -0.3 is 14.9 Å². The number of allylic oxidation sites excluding steroid dienone is 1. The van der Waals surface area contributed by atoms with E-state index in [1.165, 1.54) is 16.7 Å². The predicted octanol–water partition coefficient (Wildman–Crippen LogP) is 3.71. The molecule has 136 valence electrons. The third kappa shape index (κ3) is 2.89. The first-order valence-corrected chi connectivity index (χ1v) is 9.59. The molecule has 3 nitrogen and oxygen atoms in total. The molecule has 6 atom stereocenters. The van der Waals surface area contributed by atoms with Crippen molar-refractivity contribution in [2.75, 3.05) is 13.7 Å². The van der Waals surface area contributed by atoms with Crippen molar-refractivity contribution in [3.8, 4) is 0 Å². The van der Waals surface area contributed by atoms with E-state index in [4.69, 9.17) is 4.74 Å². The van der Waals surface area contributed by atoms with Crippen molar-refractivity contribution < 1.29 is 14.9 Å². The van der Waals surface area contributed by atoms with Gasteiger partial charge in [0.25, 0.3) is 0 Å². The Morgan fingerprint density at radius 2 is 2.00 bits per heavy atom. The van der Waals surface area contributed by atoms with Crippen molar-refractivity contribution in [3.63, 3.8) is 0 Å². The van der Waals surface area contributed by atoms with Gasteiger partial charge in [0.05, 0.1) is 18.8 Å². The molecule has 0 bridgehead atoms. The van der Waals surface area contributed by atoms with Crippen LogP contribution in [0.4, 0.5) is 0 Å². The van der Waals surface area contributed by atoms with Gasteiger partial charge in [-0.25, -0.2) is 0 Å². The second-order valence-electron chi connectivity index (χ2n) is 8.84. The minimum Gasteiger partial charge on any atom is -0.392 e. The van der Waals surface area contributed by atoms with Crippen molar-refractivity contribution in [2.45, 2.75) is 65.6 Å². The number of aliphatic hydroxyl groups excluding tert-OH is 2. The molecule has 3 aliphatic rings. The second-order valence-corrected chi connectivity index (χ2v) is 8.84. The summed E-state index contributed by atoms with van der Waals surface area (Å²) in [6.45, 7) is 9.54. The molecule has 0 spiro atoms. The molecule has 0 saturated heterocycles. The van der Waals surface area contributed by atoms with Crippen LogP contribution < -0.4 is 0 Å². The number of ether oxygens (including phenoxy) is 1. The highest BCUT2D eigenvalue weighted by Crippen LogP contribution is 2.54. The van der Waals surface area contributed by atoms with E-state index in [9.17, 15) is 10.2 Å². The Morgan fingerprint density at radius 1 is 1.29 bits per heavy atom. The van der Waals surface area contributed by atoms with Gasteiger partial charge in [-0.2, -0.15) is 0 Å². The lowest BCUT2D eigenvalue weighted by atomic mass is 9.70. The van der Waals surface area contributed by atoms with Gasteiger partial charge in [0.15, 0.2) is 0 Å². The quantitative estimate of drug-likeness (QED) is 0.774. The summed E-state index contributed by atoms with van der Waals surface area (Å²) in [4.78, 5) is 0. The molecule has 0 aromatic rings. The molecule has 3 rings (SSSR count). The van der Waals surface area contributed by atoms with Gasteiger partial charge in [-0.3, -0.25) is 0 Å². The van der Waals surface area contributed by atoms with Crippen LogP contribution in [-0.2, 0) is 4.74 Å². The number of hydrogen-bond donors (Lipinski definition) is 2. The number of aliphatic hydroxyl groups is 2. The minimum absolute atomic E-state index is 0.121. The molecule has 3 heteroatoms. The van der Waals surface area contributed by atoms with Crippen molar-refractivity contribution in [1.29, 1.82) is 0 Å². The molecule has 2 N–H and O–H groups in total. The van der Waals surface area contributed by atoms with Crippen LogP contribution in [0.15, 0.2) is 22.8 Å². The van der Waals surface area contributed by atoms with Crippen LogP contribution in [0, 0.1) is 29.1 Å². The van der Waals surface area contributed by atoms with E-state index in [0.717, 1.165) is 25.9 Å². The van der Waals surface area contributed by atoms with Crippen LogP contribution in [-0.4, -0.2) is 36.1 Å². The summed E-state index contributed by atoms with van der Waals surface area (Å²) in [5.74, 6) is 1.51. The summed E-state index contributed by atoms with van der Waals surface area (Å²) < 4.78 is 5.47. The van der Waals surface area contributed by atoms with Gasteiger partial charge in [0.1, 0.15) is 0 Å². The van der Waals surface area contributed by atoms with Crippen LogP contribution in [0.3, 0.4) is 0 Å². The van der Waals surface area contributed by atoms with Crippen molar-refractivity contribution in [3.05, 3.63) is 22.8 Å². The molecule has 0 radical (unpaired) electrons. The molecular weight excluding hydrogens is 300 g/mol.